The number of nitrogens with zero attached hydrogens (tertiary/aromatic N) is 2. The van der Waals surface area contributed by atoms with E-state index in [9.17, 15) is 4.79 Å². The van der Waals surface area contributed by atoms with E-state index in [1.54, 1.807) is 4.68 Å². The van der Waals surface area contributed by atoms with Gasteiger partial charge in [-0.15, -0.1) is 0 Å². The van der Waals surface area contributed by atoms with Gasteiger partial charge in [0.1, 0.15) is 6.10 Å². The van der Waals surface area contributed by atoms with Gasteiger partial charge in [0.2, 0.25) is 0 Å². The molecule has 4 nitrogen and oxygen atoms in total. The van der Waals surface area contributed by atoms with Crippen LogP contribution in [0.25, 0.3) is 0 Å². The molecule has 1 aromatic heterocycles. The minimum absolute atomic E-state index is 0.127. The third kappa shape index (κ3) is 3.77. The maximum Gasteiger partial charge on any atom is 0.167 e. The lowest BCUT2D eigenvalue weighted by molar-refractivity contribution is -0.130. The lowest BCUT2D eigenvalue weighted by Gasteiger charge is -2.14. The van der Waals surface area contributed by atoms with E-state index in [0.717, 1.165) is 18.5 Å². The average molecular weight is 224 g/mol. The van der Waals surface area contributed by atoms with Crippen molar-refractivity contribution in [3.63, 3.8) is 0 Å². The topological polar surface area (TPSA) is 44.1 Å². The van der Waals surface area contributed by atoms with Gasteiger partial charge in [-0.1, -0.05) is 13.3 Å². The summed E-state index contributed by atoms with van der Waals surface area (Å²) < 4.78 is 7.15. The Kier molecular flexibility index (Phi) is 5.19. The quantitative estimate of drug-likeness (QED) is 0.708. The lowest BCUT2D eigenvalue weighted by Crippen LogP contribution is -2.26. The van der Waals surface area contributed by atoms with Gasteiger partial charge in [-0.2, -0.15) is 5.10 Å². The van der Waals surface area contributed by atoms with Crippen LogP contribution < -0.4 is 0 Å². The molecule has 0 saturated heterocycles. The Bertz CT molecular complexity index is 328. The second-order valence-corrected chi connectivity index (χ2v) is 3.86. The number of carbonyl (C=O) groups is 1. The van der Waals surface area contributed by atoms with E-state index in [1.807, 2.05) is 26.2 Å². The fraction of sp³-hybridized carbons (Fsp3) is 0.667. The van der Waals surface area contributed by atoms with E-state index in [0.29, 0.717) is 13.0 Å². The summed E-state index contributed by atoms with van der Waals surface area (Å²) in [4.78, 5) is 11.9. The number of hydrogen-bond acceptors (Lipinski definition) is 3. The molecule has 0 aliphatic heterocycles. The van der Waals surface area contributed by atoms with Crippen LogP contribution in [-0.4, -0.2) is 28.3 Å². The molecule has 0 aliphatic carbocycles. The number of aromatic nitrogens is 2. The Morgan fingerprint density at radius 3 is 2.81 bits per heavy atom. The number of rotatable bonds is 7. The van der Waals surface area contributed by atoms with Crippen molar-refractivity contribution in [3.8, 4) is 0 Å². The highest BCUT2D eigenvalue weighted by molar-refractivity contribution is 5.84. The summed E-state index contributed by atoms with van der Waals surface area (Å²) in [5.41, 5.74) is 0.813. The van der Waals surface area contributed by atoms with Gasteiger partial charge >= 0.3 is 0 Å². The van der Waals surface area contributed by atoms with Crippen molar-refractivity contribution >= 4 is 5.78 Å². The average Bonchev–Trinajstić information content (AvgIpc) is 2.63. The van der Waals surface area contributed by atoms with Gasteiger partial charge in [0, 0.05) is 19.9 Å². The van der Waals surface area contributed by atoms with Crippen LogP contribution in [0.15, 0.2) is 12.3 Å². The van der Waals surface area contributed by atoms with Crippen molar-refractivity contribution in [1.82, 2.24) is 9.78 Å². The SMILES string of the molecule is CCCC(OCC)C(=O)Cc1ccn(C)n1. The number of ether oxygens (including phenoxy) is 1. The summed E-state index contributed by atoms with van der Waals surface area (Å²) in [5.74, 6) is 0.127. The molecule has 0 bridgehead atoms. The molecule has 0 fully saturated rings. The molecule has 1 atom stereocenters. The molecule has 0 radical (unpaired) electrons. The van der Waals surface area contributed by atoms with Gasteiger partial charge in [0.15, 0.2) is 5.78 Å². The minimum Gasteiger partial charge on any atom is -0.371 e. The molecule has 16 heavy (non-hydrogen) atoms. The first-order valence-electron chi connectivity index (χ1n) is 5.80. The van der Waals surface area contributed by atoms with Gasteiger partial charge in [-0.3, -0.25) is 9.48 Å². The molecule has 90 valence electrons. The van der Waals surface area contributed by atoms with Crippen molar-refractivity contribution < 1.29 is 9.53 Å². The monoisotopic (exact) mass is 224 g/mol. The van der Waals surface area contributed by atoms with Crippen LogP contribution in [0, 0.1) is 0 Å². The highest BCUT2D eigenvalue weighted by Gasteiger charge is 2.18. The van der Waals surface area contributed by atoms with E-state index in [2.05, 4.69) is 12.0 Å². The molecule has 1 aromatic rings. The van der Waals surface area contributed by atoms with Crippen molar-refractivity contribution in [3.05, 3.63) is 18.0 Å². The fourth-order valence-electron chi connectivity index (χ4n) is 1.65. The van der Waals surface area contributed by atoms with Crippen LogP contribution in [0.4, 0.5) is 0 Å². The Hall–Kier alpha value is -1.16. The van der Waals surface area contributed by atoms with E-state index < -0.39 is 0 Å². The molecule has 0 aromatic carbocycles. The van der Waals surface area contributed by atoms with Gasteiger partial charge in [-0.05, 0) is 19.4 Å². The molecule has 0 N–H and O–H groups in total. The smallest absolute Gasteiger partial charge is 0.167 e. The predicted molar refractivity (Wildman–Crippen MR) is 62.2 cm³/mol. The maximum atomic E-state index is 11.9. The first kappa shape index (κ1) is 12.9. The molecule has 0 aliphatic rings. The summed E-state index contributed by atoms with van der Waals surface area (Å²) in [6.07, 6.45) is 3.69. The molecule has 0 spiro atoms. The van der Waals surface area contributed by atoms with Crippen LogP contribution in [0.3, 0.4) is 0 Å². The first-order valence-corrected chi connectivity index (χ1v) is 5.80. The zero-order valence-electron chi connectivity index (χ0n) is 10.3. The van der Waals surface area contributed by atoms with Crippen LogP contribution >= 0.6 is 0 Å². The van der Waals surface area contributed by atoms with Crippen LogP contribution in [0.1, 0.15) is 32.4 Å². The van der Waals surface area contributed by atoms with Crippen molar-refractivity contribution in [2.24, 2.45) is 7.05 Å². The maximum absolute atomic E-state index is 11.9. The molecular formula is C12H20N2O2. The van der Waals surface area contributed by atoms with E-state index in [1.165, 1.54) is 0 Å². The zero-order chi connectivity index (χ0) is 12.0. The van der Waals surface area contributed by atoms with Gasteiger partial charge in [0.25, 0.3) is 0 Å². The lowest BCUT2D eigenvalue weighted by atomic mass is 10.1. The normalized spacial score (nSPS) is 12.7. The number of hydrogen-bond donors (Lipinski definition) is 0. The van der Waals surface area contributed by atoms with E-state index in [-0.39, 0.29) is 11.9 Å². The standard InChI is InChI=1S/C12H20N2O2/c1-4-6-12(16-5-2)11(15)9-10-7-8-14(3)13-10/h7-8,12H,4-6,9H2,1-3H3. The van der Waals surface area contributed by atoms with Gasteiger partial charge < -0.3 is 4.74 Å². The molecule has 1 unspecified atom stereocenters. The Labute approximate surface area is 96.6 Å². The molecule has 1 rings (SSSR count). The Balaban J connectivity index is 2.54. The van der Waals surface area contributed by atoms with Gasteiger partial charge in [0.05, 0.1) is 12.1 Å². The third-order valence-electron chi connectivity index (χ3n) is 2.40. The van der Waals surface area contributed by atoms with E-state index in [4.69, 9.17) is 4.74 Å². The van der Waals surface area contributed by atoms with Crippen molar-refractivity contribution in [2.75, 3.05) is 6.61 Å². The second-order valence-electron chi connectivity index (χ2n) is 3.86. The summed E-state index contributed by atoms with van der Waals surface area (Å²) in [7, 11) is 1.85. The number of ketones is 1. The number of aryl methyl sites for hydroxylation is 1. The number of Topliss-reactive ketones (excluding diaryl/α,β-unsaturated/α-hetero) is 1. The fourth-order valence-corrected chi connectivity index (χ4v) is 1.65. The minimum atomic E-state index is -0.267. The second kappa shape index (κ2) is 6.43. The summed E-state index contributed by atoms with van der Waals surface area (Å²) in [5, 5.41) is 4.19. The summed E-state index contributed by atoms with van der Waals surface area (Å²) in [6, 6.07) is 1.87. The van der Waals surface area contributed by atoms with Crippen molar-refractivity contribution in [1.29, 1.82) is 0 Å². The van der Waals surface area contributed by atoms with Crippen molar-refractivity contribution in [2.45, 2.75) is 39.2 Å². The molecule has 0 amide bonds. The Morgan fingerprint density at radius 2 is 2.31 bits per heavy atom. The molecule has 0 saturated carbocycles. The third-order valence-corrected chi connectivity index (χ3v) is 2.40. The highest BCUT2D eigenvalue weighted by atomic mass is 16.5. The predicted octanol–water partition coefficient (Wildman–Crippen LogP) is 1.74. The van der Waals surface area contributed by atoms with Gasteiger partial charge in [-0.25, -0.2) is 0 Å². The first-order chi connectivity index (χ1) is 7.67. The van der Waals surface area contributed by atoms with E-state index >= 15 is 0 Å². The Morgan fingerprint density at radius 1 is 1.56 bits per heavy atom. The van der Waals surface area contributed by atoms with Crippen LogP contribution in [-0.2, 0) is 23.0 Å². The van der Waals surface area contributed by atoms with Crippen LogP contribution in [0.2, 0.25) is 0 Å². The van der Waals surface area contributed by atoms with Crippen LogP contribution in [0.5, 0.6) is 0 Å². The summed E-state index contributed by atoms with van der Waals surface area (Å²) >= 11 is 0. The highest BCUT2D eigenvalue weighted by Crippen LogP contribution is 2.07. The molecule has 4 heteroatoms. The summed E-state index contributed by atoms with van der Waals surface area (Å²) in [6.45, 7) is 4.55. The molecular weight excluding hydrogens is 204 g/mol. The number of carbonyl (C=O) groups excluding carboxylic acids is 1. The largest absolute Gasteiger partial charge is 0.371 e. The zero-order valence-corrected chi connectivity index (χ0v) is 10.3. The molecule has 1 heterocycles.